The number of halogens is 3. The van der Waals surface area contributed by atoms with E-state index in [-0.39, 0.29) is 18.1 Å². The lowest BCUT2D eigenvalue weighted by atomic mass is 10.0. The maximum Gasteiger partial charge on any atom is 0.401 e. The van der Waals surface area contributed by atoms with Gasteiger partial charge in [-0.05, 0) is 27.3 Å². The quantitative estimate of drug-likeness (QED) is 0.825. The Morgan fingerprint density at radius 2 is 2.06 bits per heavy atom. The van der Waals surface area contributed by atoms with Crippen molar-refractivity contribution in [1.29, 1.82) is 0 Å². The Bertz CT molecular complexity index is 233. The Kier molecular flexibility index (Phi) is 5.22. The van der Waals surface area contributed by atoms with Gasteiger partial charge in [-0.3, -0.25) is 4.90 Å². The first-order valence-electron chi connectivity index (χ1n) is 5.92. The molecule has 2 unspecified atom stereocenters. The van der Waals surface area contributed by atoms with Crippen molar-refractivity contribution in [3.8, 4) is 0 Å². The van der Waals surface area contributed by atoms with Crippen molar-refractivity contribution in [3.05, 3.63) is 0 Å². The van der Waals surface area contributed by atoms with E-state index in [1.165, 1.54) is 4.90 Å². The molecule has 1 aliphatic heterocycles. The monoisotopic (exact) mass is 254 g/mol. The molecule has 0 aromatic rings. The topological polar surface area (TPSA) is 24.5 Å². The molecule has 6 heteroatoms. The predicted octanol–water partition coefficient (Wildman–Crippen LogP) is 1.64. The molecule has 1 N–H and O–H groups in total. The van der Waals surface area contributed by atoms with Crippen LogP contribution in [0.15, 0.2) is 0 Å². The van der Waals surface area contributed by atoms with E-state index >= 15 is 0 Å². The Morgan fingerprint density at radius 1 is 1.41 bits per heavy atom. The summed E-state index contributed by atoms with van der Waals surface area (Å²) >= 11 is 0. The van der Waals surface area contributed by atoms with Gasteiger partial charge in [-0.2, -0.15) is 13.2 Å². The highest BCUT2D eigenvalue weighted by Gasteiger charge is 2.38. The summed E-state index contributed by atoms with van der Waals surface area (Å²) in [7, 11) is 1.79. The maximum absolute atomic E-state index is 12.5. The highest BCUT2D eigenvalue weighted by molar-refractivity contribution is 4.88. The molecule has 0 spiro atoms. The molecule has 102 valence electrons. The van der Waals surface area contributed by atoms with Crippen molar-refractivity contribution in [2.24, 2.45) is 0 Å². The Labute approximate surface area is 100 Å². The second kappa shape index (κ2) is 6.02. The van der Waals surface area contributed by atoms with Crippen LogP contribution >= 0.6 is 0 Å². The smallest absolute Gasteiger partial charge is 0.380 e. The molecule has 0 aromatic heterocycles. The summed E-state index contributed by atoms with van der Waals surface area (Å²) in [6.45, 7) is 3.66. The minimum absolute atomic E-state index is 0.0634. The SMILES string of the molecule is CNC1CCOCC1N(CC(F)(F)F)C(C)C. The zero-order valence-electron chi connectivity index (χ0n) is 10.5. The van der Waals surface area contributed by atoms with Gasteiger partial charge in [0.15, 0.2) is 0 Å². The number of nitrogens with zero attached hydrogens (tertiary/aromatic N) is 1. The first kappa shape index (κ1) is 14.7. The molecule has 1 saturated heterocycles. The minimum atomic E-state index is -4.17. The molecule has 1 aliphatic rings. The molecule has 0 bridgehead atoms. The fraction of sp³-hybridized carbons (Fsp3) is 1.00. The normalized spacial score (nSPS) is 26.8. The lowest BCUT2D eigenvalue weighted by molar-refractivity contribution is -0.163. The number of likely N-dealkylation sites (N-methyl/N-ethyl adjacent to an activating group) is 1. The molecular formula is C11H21F3N2O. The molecular weight excluding hydrogens is 233 g/mol. The second-order valence-corrected chi connectivity index (χ2v) is 4.71. The molecule has 1 heterocycles. The first-order chi connectivity index (χ1) is 7.85. The zero-order valence-corrected chi connectivity index (χ0v) is 10.5. The number of alkyl halides is 3. The summed E-state index contributed by atoms with van der Waals surface area (Å²) in [5.74, 6) is 0. The van der Waals surface area contributed by atoms with E-state index in [1.807, 2.05) is 0 Å². The van der Waals surface area contributed by atoms with Gasteiger partial charge in [0.05, 0.1) is 13.2 Å². The number of hydrogen-bond donors (Lipinski definition) is 1. The first-order valence-corrected chi connectivity index (χ1v) is 5.92. The van der Waals surface area contributed by atoms with Crippen molar-refractivity contribution >= 4 is 0 Å². The van der Waals surface area contributed by atoms with E-state index in [2.05, 4.69) is 5.32 Å². The third kappa shape index (κ3) is 4.44. The summed E-state index contributed by atoms with van der Waals surface area (Å²) in [5, 5.41) is 3.09. The summed E-state index contributed by atoms with van der Waals surface area (Å²) in [6, 6.07) is -0.303. The van der Waals surface area contributed by atoms with Crippen molar-refractivity contribution in [2.75, 3.05) is 26.8 Å². The molecule has 2 atom stereocenters. The summed E-state index contributed by atoms with van der Waals surface area (Å²) in [4.78, 5) is 1.47. The molecule has 0 radical (unpaired) electrons. The molecule has 0 amide bonds. The Balaban J connectivity index is 2.74. The zero-order chi connectivity index (χ0) is 13.1. The van der Waals surface area contributed by atoms with Gasteiger partial charge in [0.1, 0.15) is 0 Å². The summed E-state index contributed by atoms with van der Waals surface area (Å²) in [6.07, 6.45) is -3.41. The van der Waals surface area contributed by atoms with E-state index in [0.29, 0.717) is 13.2 Å². The van der Waals surface area contributed by atoms with Gasteiger partial charge in [0.25, 0.3) is 0 Å². The van der Waals surface area contributed by atoms with Crippen LogP contribution in [-0.2, 0) is 4.74 Å². The van der Waals surface area contributed by atoms with E-state index in [4.69, 9.17) is 4.74 Å². The highest BCUT2D eigenvalue weighted by atomic mass is 19.4. The van der Waals surface area contributed by atoms with Gasteiger partial charge in [-0.1, -0.05) is 0 Å². The molecule has 0 aromatic carbocycles. The van der Waals surface area contributed by atoms with Crippen LogP contribution in [-0.4, -0.2) is 56.0 Å². The van der Waals surface area contributed by atoms with E-state index in [9.17, 15) is 13.2 Å². The average Bonchev–Trinajstić information content (AvgIpc) is 2.24. The molecule has 1 fully saturated rings. The van der Waals surface area contributed by atoms with Crippen LogP contribution in [0.4, 0.5) is 13.2 Å². The van der Waals surface area contributed by atoms with E-state index in [0.717, 1.165) is 6.42 Å². The van der Waals surface area contributed by atoms with Crippen molar-refractivity contribution in [3.63, 3.8) is 0 Å². The van der Waals surface area contributed by atoms with Gasteiger partial charge in [0.2, 0.25) is 0 Å². The fourth-order valence-corrected chi connectivity index (χ4v) is 2.28. The fourth-order valence-electron chi connectivity index (χ4n) is 2.28. The molecule has 1 rings (SSSR count). The van der Waals surface area contributed by atoms with Crippen LogP contribution in [0, 0.1) is 0 Å². The number of rotatable bonds is 4. The van der Waals surface area contributed by atoms with E-state index < -0.39 is 12.7 Å². The minimum Gasteiger partial charge on any atom is -0.380 e. The maximum atomic E-state index is 12.5. The van der Waals surface area contributed by atoms with Crippen LogP contribution in [0.3, 0.4) is 0 Å². The van der Waals surface area contributed by atoms with Crippen LogP contribution in [0.25, 0.3) is 0 Å². The van der Waals surface area contributed by atoms with Crippen LogP contribution in [0.2, 0.25) is 0 Å². The Hall–Kier alpha value is -0.330. The second-order valence-electron chi connectivity index (χ2n) is 4.71. The molecule has 0 aliphatic carbocycles. The third-order valence-corrected chi connectivity index (χ3v) is 3.15. The van der Waals surface area contributed by atoms with Gasteiger partial charge in [0, 0.05) is 24.7 Å². The number of hydrogen-bond acceptors (Lipinski definition) is 3. The van der Waals surface area contributed by atoms with Crippen molar-refractivity contribution in [2.45, 2.75) is 44.6 Å². The predicted molar refractivity (Wildman–Crippen MR) is 60.0 cm³/mol. The largest absolute Gasteiger partial charge is 0.401 e. The lowest BCUT2D eigenvalue weighted by Crippen LogP contribution is -2.58. The average molecular weight is 254 g/mol. The Morgan fingerprint density at radius 3 is 2.53 bits per heavy atom. The molecule has 0 saturated carbocycles. The van der Waals surface area contributed by atoms with Crippen LogP contribution < -0.4 is 5.32 Å². The van der Waals surface area contributed by atoms with Gasteiger partial charge in [-0.25, -0.2) is 0 Å². The van der Waals surface area contributed by atoms with Gasteiger partial charge in [-0.15, -0.1) is 0 Å². The highest BCUT2D eigenvalue weighted by Crippen LogP contribution is 2.23. The number of nitrogens with one attached hydrogen (secondary N) is 1. The third-order valence-electron chi connectivity index (χ3n) is 3.15. The van der Waals surface area contributed by atoms with Crippen LogP contribution in [0.1, 0.15) is 20.3 Å². The summed E-state index contributed by atoms with van der Waals surface area (Å²) in [5.41, 5.74) is 0. The van der Waals surface area contributed by atoms with E-state index in [1.54, 1.807) is 20.9 Å². The van der Waals surface area contributed by atoms with Gasteiger partial charge >= 0.3 is 6.18 Å². The van der Waals surface area contributed by atoms with Crippen molar-refractivity contribution in [1.82, 2.24) is 10.2 Å². The van der Waals surface area contributed by atoms with Crippen LogP contribution in [0.5, 0.6) is 0 Å². The summed E-state index contributed by atoms with van der Waals surface area (Å²) < 4.78 is 43.0. The number of ether oxygens (including phenoxy) is 1. The van der Waals surface area contributed by atoms with Crippen molar-refractivity contribution < 1.29 is 17.9 Å². The molecule has 3 nitrogen and oxygen atoms in total. The lowest BCUT2D eigenvalue weighted by Gasteiger charge is -2.42. The molecule has 17 heavy (non-hydrogen) atoms. The van der Waals surface area contributed by atoms with Gasteiger partial charge < -0.3 is 10.1 Å². The standard InChI is InChI=1S/C11H21F3N2O/c1-8(2)16(7-11(12,13)14)10-6-17-5-4-9(10)15-3/h8-10,15H,4-7H2,1-3H3.